The monoisotopic (exact) mass is 355 g/mol. The predicted octanol–water partition coefficient (Wildman–Crippen LogP) is -2.38. The van der Waals surface area contributed by atoms with E-state index in [4.69, 9.17) is 14.9 Å². The Hall–Kier alpha value is -2.54. The molecule has 136 valence electrons. The summed E-state index contributed by atoms with van der Waals surface area (Å²) in [7, 11) is 0. The van der Waals surface area contributed by atoms with Gasteiger partial charge in [0.15, 0.2) is 17.4 Å². The minimum absolute atomic E-state index is 0.0125. The van der Waals surface area contributed by atoms with Gasteiger partial charge in [-0.25, -0.2) is 4.98 Å². The number of fused-ring (bicyclic) bond motifs is 1. The van der Waals surface area contributed by atoms with E-state index in [2.05, 4.69) is 20.3 Å². The highest BCUT2D eigenvalue weighted by atomic mass is 16.6. The van der Waals surface area contributed by atoms with Crippen molar-refractivity contribution in [3.05, 3.63) is 16.7 Å². The Kier molecular flexibility index (Phi) is 4.67. The molecule has 0 aromatic carbocycles. The number of nitrogens with zero attached hydrogens (tertiary/aromatic N) is 3. The van der Waals surface area contributed by atoms with E-state index in [1.54, 1.807) is 0 Å². The van der Waals surface area contributed by atoms with E-state index < -0.39 is 42.7 Å². The first-order valence-corrected chi connectivity index (χ1v) is 7.47. The van der Waals surface area contributed by atoms with Crippen LogP contribution in [-0.2, 0) is 9.53 Å². The van der Waals surface area contributed by atoms with Crippen LogP contribution < -0.4 is 10.9 Å². The molecule has 0 amide bonds. The number of aliphatic hydroxyl groups excluding tert-OH is 3. The first kappa shape index (κ1) is 17.3. The number of anilines is 1. The van der Waals surface area contributed by atoms with E-state index in [-0.39, 0.29) is 30.1 Å². The fourth-order valence-electron chi connectivity index (χ4n) is 2.59. The molecule has 12 nitrogen and oxygen atoms in total. The fourth-order valence-corrected chi connectivity index (χ4v) is 2.59. The van der Waals surface area contributed by atoms with Gasteiger partial charge in [0.2, 0.25) is 5.95 Å². The van der Waals surface area contributed by atoms with Crippen molar-refractivity contribution in [1.82, 2.24) is 19.5 Å². The van der Waals surface area contributed by atoms with Crippen molar-refractivity contribution in [3.8, 4) is 0 Å². The summed E-state index contributed by atoms with van der Waals surface area (Å²) in [6, 6.07) is 0. The van der Waals surface area contributed by atoms with Gasteiger partial charge in [-0.3, -0.25) is 19.1 Å². The van der Waals surface area contributed by atoms with Crippen molar-refractivity contribution in [3.63, 3.8) is 0 Å². The molecule has 0 radical (unpaired) electrons. The lowest BCUT2D eigenvalue weighted by molar-refractivity contribution is -0.136. The molecule has 0 aliphatic carbocycles. The Labute approximate surface area is 139 Å². The summed E-state index contributed by atoms with van der Waals surface area (Å²) in [6.45, 7) is -0.441. The zero-order valence-corrected chi connectivity index (χ0v) is 12.9. The van der Waals surface area contributed by atoms with E-state index >= 15 is 0 Å². The molecule has 0 spiro atoms. The van der Waals surface area contributed by atoms with E-state index in [0.717, 1.165) is 0 Å². The number of nitrogens with one attached hydrogen (secondary N) is 2. The zero-order valence-electron chi connectivity index (χ0n) is 12.9. The number of hydrogen-bond acceptors (Lipinski definition) is 9. The molecule has 0 saturated carbocycles. The number of carboxylic acids is 1. The van der Waals surface area contributed by atoms with Gasteiger partial charge in [0.25, 0.3) is 5.56 Å². The number of aliphatic hydroxyl groups is 3. The summed E-state index contributed by atoms with van der Waals surface area (Å²) >= 11 is 0. The van der Waals surface area contributed by atoms with Gasteiger partial charge in [-0.15, -0.1) is 0 Å². The lowest BCUT2D eigenvalue weighted by Crippen LogP contribution is -2.33. The second-order valence-corrected chi connectivity index (χ2v) is 5.54. The number of imidazole rings is 1. The minimum Gasteiger partial charge on any atom is -0.481 e. The molecule has 1 fully saturated rings. The smallest absolute Gasteiger partial charge is 0.305 e. The van der Waals surface area contributed by atoms with Gasteiger partial charge < -0.3 is 30.5 Å². The number of rotatable bonds is 6. The van der Waals surface area contributed by atoms with Gasteiger partial charge in [0.05, 0.1) is 19.4 Å². The van der Waals surface area contributed by atoms with Crippen LogP contribution in [0.25, 0.3) is 11.2 Å². The number of ether oxygens (including phenoxy) is 1. The topological polar surface area (TPSA) is 183 Å². The molecule has 2 aromatic heterocycles. The van der Waals surface area contributed by atoms with E-state index in [9.17, 15) is 19.8 Å². The lowest BCUT2D eigenvalue weighted by Gasteiger charge is -2.16. The lowest BCUT2D eigenvalue weighted by atomic mass is 10.1. The molecule has 12 heteroatoms. The standard InChI is InChI=1S/C13H17N5O7/c19-3-5-8(22)9(23)12(25-5)18-4-15-7-10(18)16-13(17-11(7)24)14-2-1-6(20)21/h4-5,8-9,12,19,22-23H,1-3H2,(H,20,21)(H2,14,16,17,24)/t5-,8?,9?,12-/m1/s1. The van der Waals surface area contributed by atoms with Gasteiger partial charge >= 0.3 is 5.97 Å². The fraction of sp³-hybridized carbons (Fsp3) is 0.538. The third-order valence-corrected chi connectivity index (χ3v) is 3.85. The molecule has 1 aliphatic rings. The molecule has 25 heavy (non-hydrogen) atoms. The number of aromatic nitrogens is 4. The number of carboxylic acid groups (broad SMARTS) is 1. The van der Waals surface area contributed by atoms with Crippen molar-refractivity contribution in [2.75, 3.05) is 18.5 Å². The molecule has 1 saturated heterocycles. The van der Waals surface area contributed by atoms with Gasteiger partial charge in [-0.2, -0.15) is 4.98 Å². The molecule has 2 aromatic rings. The van der Waals surface area contributed by atoms with Crippen LogP contribution in [0.15, 0.2) is 11.1 Å². The van der Waals surface area contributed by atoms with Crippen LogP contribution in [0, 0.1) is 0 Å². The van der Waals surface area contributed by atoms with Crippen LogP contribution >= 0.6 is 0 Å². The van der Waals surface area contributed by atoms with Gasteiger partial charge in [-0.05, 0) is 0 Å². The van der Waals surface area contributed by atoms with Gasteiger partial charge in [0, 0.05) is 6.54 Å². The number of carbonyl (C=O) groups is 1. The molecule has 3 heterocycles. The molecule has 3 rings (SSSR count). The molecule has 6 N–H and O–H groups in total. The SMILES string of the molecule is O=C(O)CCNc1nc2c(ncn2[C@@H]2O[C@H](CO)C(O)C2O)c(=O)[nH]1. The van der Waals surface area contributed by atoms with Crippen LogP contribution in [-0.4, -0.2) is 77.4 Å². The Bertz CT molecular complexity index is 834. The van der Waals surface area contributed by atoms with Crippen LogP contribution in [0.4, 0.5) is 5.95 Å². The molecular formula is C13H17N5O7. The van der Waals surface area contributed by atoms with Crippen molar-refractivity contribution in [2.45, 2.75) is 31.0 Å². The summed E-state index contributed by atoms with van der Waals surface area (Å²) in [5.41, 5.74) is -0.494. The normalized spacial score (nSPS) is 26.2. The Morgan fingerprint density at radius 3 is 2.80 bits per heavy atom. The molecule has 0 bridgehead atoms. The van der Waals surface area contributed by atoms with Crippen molar-refractivity contribution in [1.29, 1.82) is 0 Å². The van der Waals surface area contributed by atoms with Crippen LogP contribution in [0.2, 0.25) is 0 Å². The summed E-state index contributed by atoms with van der Waals surface area (Å²) in [5.74, 6) is -0.972. The summed E-state index contributed by atoms with van der Waals surface area (Å²) in [4.78, 5) is 33.1. The highest BCUT2D eigenvalue weighted by Gasteiger charge is 2.44. The van der Waals surface area contributed by atoms with Crippen LogP contribution in [0.5, 0.6) is 0 Å². The summed E-state index contributed by atoms with van der Waals surface area (Å²) in [5, 5.41) is 40.4. The number of hydrogen-bond donors (Lipinski definition) is 6. The Morgan fingerprint density at radius 2 is 2.16 bits per heavy atom. The van der Waals surface area contributed by atoms with Crippen molar-refractivity contribution in [2.24, 2.45) is 0 Å². The second-order valence-electron chi connectivity index (χ2n) is 5.54. The van der Waals surface area contributed by atoms with Crippen LogP contribution in [0.3, 0.4) is 0 Å². The highest BCUT2D eigenvalue weighted by molar-refractivity contribution is 5.71. The van der Waals surface area contributed by atoms with Gasteiger partial charge in [-0.1, -0.05) is 0 Å². The average Bonchev–Trinajstić information content (AvgIpc) is 3.10. The Balaban J connectivity index is 1.93. The predicted molar refractivity (Wildman–Crippen MR) is 81.9 cm³/mol. The molecular weight excluding hydrogens is 338 g/mol. The molecule has 1 aliphatic heterocycles. The van der Waals surface area contributed by atoms with Crippen molar-refractivity contribution < 1.29 is 30.0 Å². The summed E-state index contributed by atoms with van der Waals surface area (Å²) < 4.78 is 6.68. The maximum atomic E-state index is 12.1. The quantitative estimate of drug-likeness (QED) is 0.327. The van der Waals surface area contributed by atoms with Gasteiger partial charge in [0.1, 0.15) is 18.3 Å². The van der Waals surface area contributed by atoms with Crippen molar-refractivity contribution >= 4 is 23.1 Å². The Morgan fingerprint density at radius 1 is 1.40 bits per heavy atom. The van der Waals surface area contributed by atoms with E-state index in [1.807, 2.05) is 0 Å². The largest absolute Gasteiger partial charge is 0.481 e. The van der Waals surface area contributed by atoms with E-state index in [0.29, 0.717) is 0 Å². The second kappa shape index (κ2) is 6.76. The first-order chi connectivity index (χ1) is 11.9. The number of aromatic amines is 1. The summed E-state index contributed by atoms with van der Waals surface area (Å²) in [6.07, 6.45) is -3.66. The van der Waals surface area contributed by atoms with E-state index in [1.165, 1.54) is 10.9 Å². The third kappa shape index (κ3) is 3.19. The van der Waals surface area contributed by atoms with Crippen LogP contribution in [0.1, 0.15) is 12.6 Å². The number of H-pyrrole nitrogens is 1. The highest BCUT2D eigenvalue weighted by Crippen LogP contribution is 2.30. The first-order valence-electron chi connectivity index (χ1n) is 7.47. The minimum atomic E-state index is -1.35. The molecule has 2 unspecified atom stereocenters. The zero-order chi connectivity index (χ0) is 18.1. The maximum absolute atomic E-state index is 12.1. The number of aliphatic carboxylic acids is 1. The average molecular weight is 355 g/mol. The molecule has 4 atom stereocenters. The third-order valence-electron chi connectivity index (χ3n) is 3.85. The maximum Gasteiger partial charge on any atom is 0.305 e.